The van der Waals surface area contributed by atoms with Crippen molar-refractivity contribution in [2.24, 2.45) is 0 Å². The van der Waals surface area contributed by atoms with Gasteiger partial charge in [0.25, 0.3) is 0 Å². The summed E-state index contributed by atoms with van der Waals surface area (Å²) in [7, 11) is -5.89. The van der Waals surface area contributed by atoms with Gasteiger partial charge >= 0.3 is 0 Å². The Bertz CT molecular complexity index is 1100. The molecule has 6 nitrogen and oxygen atoms in total. The van der Waals surface area contributed by atoms with Crippen molar-refractivity contribution in [3.63, 3.8) is 0 Å². The van der Waals surface area contributed by atoms with Crippen molar-refractivity contribution >= 4 is 19.7 Å². The Morgan fingerprint density at radius 2 is 1.90 bits per heavy atom. The lowest BCUT2D eigenvalue weighted by Gasteiger charge is -2.20. The maximum Gasteiger partial charge on any atom is 0.183 e. The van der Waals surface area contributed by atoms with Crippen LogP contribution in [0.15, 0.2) is 47.4 Å². The first-order chi connectivity index (χ1) is 13.6. The molecule has 158 valence electrons. The van der Waals surface area contributed by atoms with Gasteiger partial charge in [0, 0.05) is 6.04 Å². The standard InChI is InChI=1S/C20H24FNO5S2/c1-14-11-16(7-8-19(14)27-2)29(25,26)20-13-28(23,24)12-18(20)22-10-9-15-5-3-4-6-17(15)21/h3-8,11,18,20,22H,9-10,12-13H2,1-2H3/t18-,20-/m0/s1. The van der Waals surface area contributed by atoms with E-state index in [1.165, 1.54) is 25.3 Å². The molecule has 1 aliphatic heterocycles. The van der Waals surface area contributed by atoms with Crippen molar-refractivity contribution in [3.05, 3.63) is 59.4 Å². The zero-order valence-corrected chi connectivity index (χ0v) is 17.9. The molecular weight excluding hydrogens is 417 g/mol. The normalized spacial score (nSPS) is 21.2. The summed E-state index contributed by atoms with van der Waals surface area (Å²) in [4.78, 5) is 0.0683. The third-order valence-electron chi connectivity index (χ3n) is 5.15. The van der Waals surface area contributed by atoms with Crippen LogP contribution in [0.4, 0.5) is 4.39 Å². The summed E-state index contributed by atoms with van der Waals surface area (Å²) >= 11 is 0. The number of aryl methyl sites for hydroxylation is 1. The number of benzene rings is 2. The Hall–Kier alpha value is -1.97. The highest BCUT2D eigenvalue weighted by Crippen LogP contribution is 2.29. The number of rotatable bonds is 7. The van der Waals surface area contributed by atoms with Gasteiger partial charge in [-0.05, 0) is 55.3 Å². The van der Waals surface area contributed by atoms with E-state index in [-0.39, 0.29) is 23.0 Å². The molecule has 1 saturated heterocycles. The van der Waals surface area contributed by atoms with Crippen LogP contribution in [0.5, 0.6) is 5.75 Å². The fourth-order valence-corrected chi connectivity index (χ4v) is 8.41. The highest BCUT2D eigenvalue weighted by Gasteiger charge is 2.45. The third kappa shape index (κ3) is 4.79. The molecule has 0 amide bonds. The molecule has 1 heterocycles. The lowest BCUT2D eigenvalue weighted by Crippen LogP contribution is -2.44. The van der Waals surface area contributed by atoms with Crippen LogP contribution in [0, 0.1) is 12.7 Å². The van der Waals surface area contributed by atoms with Crippen molar-refractivity contribution in [1.29, 1.82) is 0 Å². The van der Waals surface area contributed by atoms with Gasteiger partial charge in [-0.1, -0.05) is 18.2 Å². The van der Waals surface area contributed by atoms with E-state index in [2.05, 4.69) is 5.32 Å². The van der Waals surface area contributed by atoms with Crippen LogP contribution in [-0.4, -0.2) is 53.3 Å². The SMILES string of the molecule is COc1ccc(S(=O)(=O)[C@H]2CS(=O)(=O)C[C@@H]2NCCc2ccccc2F)cc1C. The van der Waals surface area contributed by atoms with E-state index in [1.807, 2.05) is 0 Å². The molecule has 2 atom stereocenters. The van der Waals surface area contributed by atoms with Crippen LogP contribution in [-0.2, 0) is 26.1 Å². The van der Waals surface area contributed by atoms with Gasteiger partial charge in [0.15, 0.2) is 19.7 Å². The first-order valence-electron chi connectivity index (χ1n) is 9.20. The molecule has 1 fully saturated rings. The molecule has 29 heavy (non-hydrogen) atoms. The Kier molecular flexibility index (Phi) is 6.30. The number of methoxy groups -OCH3 is 1. The van der Waals surface area contributed by atoms with Gasteiger partial charge in [-0.2, -0.15) is 0 Å². The van der Waals surface area contributed by atoms with Gasteiger partial charge < -0.3 is 10.1 Å². The minimum Gasteiger partial charge on any atom is -0.496 e. The van der Waals surface area contributed by atoms with Crippen LogP contribution >= 0.6 is 0 Å². The fourth-order valence-electron chi connectivity index (χ4n) is 3.61. The molecule has 2 aromatic carbocycles. The molecule has 0 bridgehead atoms. The van der Waals surface area contributed by atoms with Gasteiger partial charge in [0.05, 0.1) is 28.8 Å². The lowest BCUT2D eigenvalue weighted by molar-refractivity contribution is 0.411. The molecule has 0 saturated carbocycles. The summed E-state index contributed by atoms with van der Waals surface area (Å²) < 4.78 is 69.7. The summed E-state index contributed by atoms with van der Waals surface area (Å²) in [5.41, 5.74) is 1.14. The molecule has 0 unspecified atom stereocenters. The molecule has 3 rings (SSSR count). The van der Waals surface area contributed by atoms with E-state index in [1.54, 1.807) is 31.2 Å². The van der Waals surface area contributed by atoms with Crippen LogP contribution in [0.1, 0.15) is 11.1 Å². The van der Waals surface area contributed by atoms with E-state index in [4.69, 9.17) is 4.74 Å². The van der Waals surface area contributed by atoms with Gasteiger partial charge in [-0.25, -0.2) is 21.2 Å². The van der Waals surface area contributed by atoms with Crippen molar-refractivity contribution in [3.8, 4) is 5.75 Å². The number of ether oxygens (including phenoxy) is 1. The van der Waals surface area contributed by atoms with Crippen molar-refractivity contribution in [2.45, 2.75) is 29.5 Å². The number of sulfone groups is 2. The van der Waals surface area contributed by atoms with Crippen LogP contribution < -0.4 is 10.1 Å². The Balaban J connectivity index is 1.80. The minimum absolute atomic E-state index is 0.0683. The third-order valence-corrected chi connectivity index (χ3v) is 9.30. The van der Waals surface area contributed by atoms with Gasteiger partial charge in [0.2, 0.25) is 0 Å². The second kappa shape index (κ2) is 8.41. The van der Waals surface area contributed by atoms with Crippen LogP contribution in [0.25, 0.3) is 0 Å². The van der Waals surface area contributed by atoms with E-state index < -0.39 is 36.7 Å². The topological polar surface area (TPSA) is 89.5 Å². The Labute approximate surface area is 170 Å². The zero-order chi connectivity index (χ0) is 21.2. The molecular formula is C20H24FNO5S2. The summed E-state index contributed by atoms with van der Waals surface area (Å²) in [6.45, 7) is 2.00. The largest absolute Gasteiger partial charge is 0.496 e. The fraction of sp³-hybridized carbons (Fsp3) is 0.400. The van der Waals surface area contributed by atoms with E-state index in [0.717, 1.165) is 0 Å². The summed E-state index contributed by atoms with van der Waals surface area (Å²) in [6, 6.07) is 10.1. The van der Waals surface area contributed by atoms with Gasteiger partial charge in [0.1, 0.15) is 11.6 Å². The quantitative estimate of drug-likeness (QED) is 0.706. The van der Waals surface area contributed by atoms with E-state index >= 15 is 0 Å². The summed E-state index contributed by atoms with van der Waals surface area (Å²) in [5, 5.41) is 1.93. The lowest BCUT2D eigenvalue weighted by atomic mass is 10.1. The molecule has 0 radical (unpaired) electrons. The average molecular weight is 442 g/mol. The molecule has 9 heteroatoms. The number of hydrogen-bond donors (Lipinski definition) is 1. The number of hydrogen-bond acceptors (Lipinski definition) is 6. The van der Waals surface area contributed by atoms with E-state index in [9.17, 15) is 21.2 Å². The Morgan fingerprint density at radius 1 is 1.17 bits per heavy atom. The van der Waals surface area contributed by atoms with Gasteiger partial charge in [-0.3, -0.25) is 0 Å². The maximum atomic E-state index is 13.8. The highest BCUT2D eigenvalue weighted by molar-refractivity contribution is 7.96. The smallest absolute Gasteiger partial charge is 0.183 e. The van der Waals surface area contributed by atoms with Crippen LogP contribution in [0.3, 0.4) is 0 Å². The summed E-state index contributed by atoms with van der Waals surface area (Å²) in [5.74, 6) is -0.477. The predicted molar refractivity (Wildman–Crippen MR) is 109 cm³/mol. The monoisotopic (exact) mass is 441 g/mol. The molecule has 2 aromatic rings. The van der Waals surface area contributed by atoms with Crippen LogP contribution in [0.2, 0.25) is 0 Å². The number of halogens is 1. The first kappa shape index (κ1) is 21.7. The maximum absolute atomic E-state index is 13.8. The Morgan fingerprint density at radius 3 is 2.55 bits per heavy atom. The highest BCUT2D eigenvalue weighted by atomic mass is 32.2. The van der Waals surface area contributed by atoms with E-state index in [0.29, 0.717) is 23.3 Å². The second-order valence-electron chi connectivity index (χ2n) is 7.19. The van der Waals surface area contributed by atoms with Crippen molar-refractivity contribution in [2.75, 3.05) is 25.2 Å². The van der Waals surface area contributed by atoms with Crippen molar-refractivity contribution < 1.29 is 26.0 Å². The minimum atomic E-state index is -3.88. The number of nitrogens with one attached hydrogen (secondary N) is 1. The average Bonchev–Trinajstić information content (AvgIpc) is 2.98. The predicted octanol–water partition coefficient (Wildman–Crippen LogP) is 1.91. The molecule has 0 aromatic heterocycles. The molecule has 1 N–H and O–H groups in total. The molecule has 0 aliphatic carbocycles. The zero-order valence-electron chi connectivity index (χ0n) is 16.3. The van der Waals surface area contributed by atoms with Crippen molar-refractivity contribution in [1.82, 2.24) is 5.32 Å². The molecule has 0 spiro atoms. The second-order valence-corrected chi connectivity index (χ2v) is 11.5. The summed E-state index contributed by atoms with van der Waals surface area (Å²) in [6.07, 6.45) is 0.331. The molecule has 1 aliphatic rings. The first-order valence-corrected chi connectivity index (χ1v) is 12.6. The van der Waals surface area contributed by atoms with Gasteiger partial charge in [-0.15, -0.1) is 0 Å².